The van der Waals surface area contributed by atoms with Crippen LogP contribution >= 0.6 is 27.5 Å². The van der Waals surface area contributed by atoms with Crippen LogP contribution in [-0.2, 0) is 0 Å². The summed E-state index contributed by atoms with van der Waals surface area (Å²) in [7, 11) is 1.56. The van der Waals surface area contributed by atoms with Crippen LogP contribution in [0, 0.1) is 0 Å². The Morgan fingerprint density at radius 2 is 2.05 bits per heavy atom. The van der Waals surface area contributed by atoms with E-state index < -0.39 is 0 Å². The Balaban J connectivity index is 2.34. The number of aromatic nitrogens is 3. The van der Waals surface area contributed by atoms with Gasteiger partial charge in [0.05, 0.1) is 17.8 Å². The molecule has 3 rings (SSSR count). The van der Waals surface area contributed by atoms with Crippen LogP contribution in [0.4, 0.5) is 5.95 Å². The van der Waals surface area contributed by atoms with Gasteiger partial charge < -0.3 is 10.5 Å². The quantitative estimate of drug-likeness (QED) is 0.766. The van der Waals surface area contributed by atoms with E-state index in [9.17, 15) is 0 Å². The third-order valence-corrected chi connectivity index (χ3v) is 3.68. The Kier molecular flexibility index (Phi) is 3.27. The van der Waals surface area contributed by atoms with Gasteiger partial charge in [-0.2, -0.15) is 4.98 Å². The second-order valence-electron chi connectivity index (χ2n) is 4.10. The molecule has 2 aromatic heterocycles. The van der Waals surface area contributed by atoms with Gasteiger partial charge in [0, 0.05) is 10.5 Å². The molecule has 2 heterocycles. The Morgan fingerprint density at radius 1 is 1.25 bits per heavy atom. The van der Waals surface area contributed by atoms with E-state index in [1.807, 2.05) is 12.1 Å². The fraction of sp³-hybridized carbons (Fsp3) is 0.0769. The summed E-state index contributed by atoms with van der Waals surface area (Å²) in [5.41, 5.74) is 7.98. The molecule has 0 radical (unpaired) electrons. The first kappa shape index (κ1) is 13.2. The molecular formula is C13H10BrClN4O. The predicted octanol–water partition coefficient (Wildman–Crippen LogP) is 3.43. The number of imidazole rings is 1. The van der Waals surface area contributed by atoms with Crippen LogP contribution in [0.3, 0.4) is 0 Å². The zero-order valence-electron chi connectivity index (χ0n) is 10.5. The molecule has 0 bridgehead atoms. The first-order valence-electron chi connectivity index (χ1n) is 5.74. The van der Waals surface area contributed by atoms with Crippen LogP contribution in [-0.4, -0.2) is 21.6 Å². The lowest BCUT2D eigenvalue weighted by Crippen LogP contribution is -2.02. The summed E-state index contributed by atoms with van der Waals surface area (Å²) in [4.78, 5) is 8.67. The van der Waals surface area contributed by atoms with Crippen molar-refractivity contribution in [1.29, 1.82) is 0 Å². The summed E-state index contributed by atoms with van der Waals surface area (Å²) in [5, 5.41) is 0.559. The molecule has 0 aliphatic carbocycles. The number of nitrogens with two attached hydrogens (primary N) is 1. The lowest BCUT2D eigenvalue weighted by molar-refractivity contribution is 0.399. The molecule has 0 aliphatic heterocycles. The minimum Gasteiger partial charge on any atom is -0.481 e. The Bertz CT molecular complexity index is 802. The van der Waals surface area contributed by atoms with Crippen LogP contribution in [0.25, 0.3) is 16.9 Å². The van der Waals surface area contributed by atoms with E-state index in [4.69, 9.17) is 22.1 Å². The van der Waals surface area contributed by atoms with Crippen LogP contribution in [0.2, 0.25) is 5.02 Å². The van der Waals surface area contributed by atoms with Gasteiger partial charge in [-0.25, -0.2) is 4.98 Å². The number of methoxy groups -OCH3 is 1. The molecule has 1 aromatic carbocycles. The number of ether oxygens (including phenoxy) is 1. The van der Waals surface area contributed by atoms with E-state index in [2.05, 4.69) is 25.9 Å². The molecule has 102 valence electrons. The summed E-state index contributed by atoms with van der Waals surface area (Å²) in [6.07, 6.45) is 0. The smallest absolute Gasteiger partial charge is 0.215 e. The molecule has 5 nitrogen and oxygen atoms in total. The van der Waals surface area contributed by atoms with Crippen molar-refractivity contribution in [3.63, 3.8) is 0 Å². The summed E-state index contributed by atoms with van der Waals surface area (Å²) in [6.45, 7) is 0. The minimum atomic E-state index is 0.320. The van der Waals surface area contributed by atoms with Crippen molar-refractivity contribution in [2.75, 3.05) is 12.8 Å². The largest absolute Gasteiger partial charge is 0.481 e. The van der Waals surface area contributed by atoms with E-state index in [1.165, 1.54) is 0 Å². The van der Waals surface area contributed by atoms with Gasteiger partial charge in [-0.1, -0.05) is 27.5 Å². The highest BCUT2D eigenvalue weighted by atomic mass is 79.9. The number of halogens is 2. The van der Waals surface area contributed by atoms with Crippen LogP contribution in [0.15, 0.2) is 34.8 Å². The summed E-state index contributed by atoms with van der Waals surface area (Å²) < 4.78 is 7.73. The number of pyridine rings is 1. The molecule has 0 spiro atoms. The van der Waals surface area contributed by atoms with E-state index in [0.29, 0.717) is 33.7 Å². The molecule has 7 heteroatoms. The second kappa shape index (κ2) is 4.96. The lowest BCUT2D eigenvalue weighted by atomic mass is 10.3. The monoisotopic (exact) mass is 352 g/mol. The van der Waals surface area contributed by atoms with E-state index in [0.717, 1.165) is 4.47 Å². The fourth-order valence-corrected chi connectivity index (χ4v) is 2.52. The van der Waals surface area contributed by atoms with Gasteiger partial charge >= 0.3 is 0 Å². The van der Waals surface area contributed by atoms with Crippen LogP contribution < -0.4 is 10.5 Å². The third kappa shape index (κ3) is 2.10. The van der Waals surface area contributed by atoms with Gasteiger partial charge in [0.25, 0.3) is 0 Å². The van der Waals surface area contributed by atoms with E-state index >= 15 is 0 Å². The number of nitrogens with zero attached hydrogens (tertiary/aromatic N) is 3. The number of anilines is 1. The molecule has 0 unspecified atom stereocenters. The summed E-state index contributed by atoms with van der Waals surface area (Å²) in [5.74, 6) is 0.811. The van der Waals surface area contributed by atoms with Crippen LogP contribution in [0.1, 0.15) is 0 Å². The van der Waals surface area contributed by atoms with Crippen molar-refractivity contribution in [3.05, 3.63) is 39.8 Å². The number of hydrogen-bond donors (Lipinski definition) is 1. The van der Waals surface area contributed by atoms with Crippen molar-refractivity contribution >= 4 is 44.6 Å². The summed E-state index contributed by atoms with van der Waals surface area (Å²) in [6, 6.07) is 9.05. The average molecular weight is 354 g/mol. The average Bonchev–Trinajstić information content (AvgIpc) is 2.76. The normalized spacial score (nSPS) is 10.9. The van der Waals surface area contributed by atoms with Crippen molar-refractivity contribution in [3.8, 4) is 11.6 Å². The maximum Gasteiger partial charge on any atom is 0.215 e. The van der Waals surface area contributed by atoms with Gasteiger partial charge in [0.15, 0.2) is 5.65 Å². The molecule has 20 heavy (non-hydrogen) atoms. The van der Waals surface area contributed by atoms with Crippen molar-refractivity contribution in [1.82, 2.24) is 14.5 Å². The fourth-order valence-electron chi connectivity index (χ4n) is 1.97. The molecule has 3 aromatic rings. The Hall–Kier alpha value is -1.79. The topological polar surface area (TPSA) is 66.0 Å². The highest BCUT2D eigenvalue weighted by Gasteiger charge is 2.15. The molecule has 0 aliphatic rings. The SMILES string of the molecule is COc1ccc2nc(N)n(-c3cc(Br)ccc3Cl)c2n1. The van der Waals surface area contributed by atoms with Gasteiger partial charge in [0.1, 0.15) is 5.52 Å². The Morgan fingerprint density at radius 3 is 2.80 bits per heavy atom. The Labute approximate surface area is 128 Å². The van der Waals surface area contributed by atoms with Crippen molar-refractivity contribution in [2.45, 2.75) is 0 Å². The van der Waals surface area contributed by atoms with Gasteiger partial charge in [-0.05, 0) is 24.3 Å². The molecule has 0 saturated heterocycles. The van der Waals surface area contributed by atoms with Crippen molar-refractivity contribution < 1.29 is 4.74 Å². The van der Waals surface area contributed by atoms with Gasteiger partial charge in [-0.3, -0.25) is 4.57 Å². The number of benzene rings is 1. The number of fused-ring (bicyclic) bond motifs is 1. The molecule has 0 saturated carbocycles. The highest BCUT2D eigenvalue weighted by Crippen LogP contribution is 2.30. The predicted molar refractivity (Wildman–Crippen MR) is 82.5 cm³/mol. The molecular weight excluding hydrogens is 344 g/mol. The summed E-state index contributed by atoms with van der Waals surface area (Å²) >= 11 is 9.67. The number of nitrogen functional groups attached to an aromatic ring is 1. The van der Waals surface area contributed by atoms with Crippen molar-refractivity contribution in [2.24, 2.45) is 0 Å². The lowest BCUT2D eigenvalue weighted by Gasteiger charge is -2.09. The zero-order valence-corrected chi connectivity index (χ0v) is 12.8. The van der Waals surface area contributed by atoms with Gasteiger partial charge in [0.2, 0.25) is 11.8 Å². The van der Waals surface area contributed by atoms with Crippen LogP contribution in [0.5, 0.6) is 5.88 Å². The second-order valence-corrected chi connectivity index (χ2v) is 5.42. The zero-order chi connectivity index (χ0) is 14.3. The standard InChI is InChI=1S/C13H10BrClN4O/c1-20-11-5-4-9-12(18-11)19(13(16)17-9)10-6-7(14)2-3-8(10)15/h2-6H,1H3,(H2,16,17). The molecule has 2 N–H and O–H groups in total. The number of hydrogen-bond acceptors (Lipinski definition) is 4. The first-order chi connectivity index (χ1) is 9.60. The highest BCUT2D eigenvalue weighted by molar-refractivity contribution is 9.10. The van der Waals surface area contributed by atoms with E-state index in [1.54, 1.807) is 29.9 Å². The first-order valence-corrected chi connectivity index (χ1v) is 6.91. The van der Waals surface area contributed by atoms with E-state index in [-0.39, 0.29) is 0 Å². The maximum absolute atomic E-state index is 6.25. The molecule has 0 fully saturated rings. The molecule has 0 atom stereocenters. The third-order valence-electron chi connectivity index (χ3n) is 2.86. The maximum atomic E-state index is 6.25. The number of rotatable bonds is 2. The molecule has 0 amide bonds. The van der Waals surface area contributed by atoms with Gasteiger partial charge in [-0.15, -0.1) is 0 Å². The minimum absolute atomic E-state index is 0.320.